The number of hydrogen-bond donors (Lipinski definition) is 0. The first kappa shape index (κ1) is 28.0. The summed E-state index contributed by atoms with van der Waals surface area (Å²) in [4.78, 5) is 19.2. The molecule has 1 saturated carbocycles. The molecule has 0 heterocycles. The highest BCUT2D eigenvalue weighted by Gasteiger charge is 2.36. The van der Waals surface area contributed by atoms with Gasteiger partial charge in [-0.3, -0.25) is 9.79 Å². The van der Waals surface area contributed by atoms with Gasteiger partial charge in [-0.1, -0.05) is 57.0 Å². The number of alkyl halides is 3. The Labute approximate surface area is 216 Å². The summed E-state index contributed by atoms with van der Waals surface area (Å²) in [5.74, 6) is 0.912. The molecule has 3 rings (SSSR count). The van der Waals surface area contributed by atoms with E-state index in [1.165, 1.54) is 19.2 Å². The predicted molar refractivity (Wildman–Crippen MR) is 139 cm³/mol. The van der Waals surface area contributed by atoms with Gasteiger partial charge in [-0.05, 0) is 67.3 Å². The van der Waals surface area contributed by atoms with Crippen molar-refractivity contribution in [2.45, 2.75) is 59.2 Å². The Morgan fingerprint density at radius 3 is 2.50 bits per heavy atom. The highest BCUT2D eigenvalue weighted by molar-refractivity contribution is 6.31. The number of carbonyl (C=O) groups is 1. The van der Waals surface area contributed by atoms with Gasteiger partial charge >= 0.3 is 12.1 Å². The lowest BCUT2D eigenvalue weighted by Gasteiger charge is -2.37. The summed E-state index contributed by atoms with van der Waals surface area (Å²) in [7, 11) is 1.49. The summed E-state index contributed by atoms with van der Waals surface area (Å²) < 4.78 is 46.7. The number of benzene rings is 2. The van der Waals surface area contributed by atoms with Crippen molar-refractivity contribution in [2.75, 3.05) is 18.5 Å². The lowest BCUT2D eigenvalue weighted by molar-refractivity contribution is -0.154. The van der Waals surface area contributed by atoms with Crippen LogP contribution in [-0.4, -0.2) is 31.5 Å². The molecule has 2 aromatic carbocycles. The summed E-state index contributed by atoms with van der Waals surface area (Å²) in [5, 5.41) is -0.394. The maximum atomic E-state index is 13.6. The van der Waals surface area contributed by atoms with Crippen molar-refractivity contribution in [2.24, 2.45) is 22.7 Å². The predicted octanol–water partition coefficient (Wildman–Crippen LogP) is 7.55. The maximum Gasteiger partial charge on any atom is 0.417 e. The highest BCUT2D eigenvalue weighted by Crippen LogP contribution is 2.37. The number of ether oxygens (including phenoxy) is 1. The summed E-state index contributed by atoms with van der Waals surface area (Å²) >= 11 is 5.85. The van der Waals surface area contributed by atoms with Gasteiger partial charge in [-0.25, -0.2) is 0 Å². The van der Waals surface area contributed by atoms with Crippen LogP contribution in [0.1, 0.15) is 56.7 Å². The van der Waals surface area contributed by atoms with Gasteiger partial charge in [0.15, 0.2) is 0 Å². The maximum absolute atomic E-state index is 13.6. The van der Waals surface area contributed by atoms with Gasteiger partial charge in [0.25, 0.3) is 0 Å². The van der Waals surface area contributed by atoms with Crippen LogP contribution in [0.25, 0.3) is 0 Å². The lowest BCUT2D eigenvalue weighted by Crippen LogP contribution is -2.41. The first-order valence-corrected chi connectivity index (χ1v) is 12.7. The van der Waals surface area contributed by atoms with Crippen molar-refractivity contribution in [3.8, 4) is 0 Å². The van der Waals surface area contributed by atoms with E-state index in [9.17, 15) is 18.0 Å². The molecule has 8 heteroatoms. The average Bonchev–Trinajstić information content (AvgIpc) is 2.79. The Morgan fingerprint density at radius 2 is 1.89 bits per heavy atom. The number of esters is 1. The molecule has 0 N–H and O–H groups in total. The zero-order chi connectivity index (χ0) is 26.6. The average molecular weight is 523 g/mol. The zero-order valence-corrected chi connectivity index (χ0v) is 22.2. The molecule has 4 nitrogen and oxygen atoms in total. The first-order valence-electron chi connectivity index (χ1n) is 12.3. The van der Waals surface area contributed by atoms with Crippen molar-refractivity contribution in [1.82, 2.24) is 0 Å². The smallest absolute Gasteiger partial charge is 0.417 e. The molecule has 2 aromatic rings. The third-order valence-corrected chi connectivity index (χ3v) is 7.26. The fourth-order valence-electron chi connectivity index (χ4n) is 5.01. The molecule has 0 unspecified atom stereocenters. The topological polar surface area (TPSA) is 41.9 Å². The van der Waals surface area contributed by atoms with Crippen LogP contribution in [0.2, 0.25) is 5.02 Å². The molecule has 0 amide bonds. The number of aliphatic imine (C=N–C) groups is 1. The molecule has 0 aromatic heterocycles. The molecule has 36 heavy (non-hydrogen) atoms. The minimum absolute atomic E-state index is 0.183. The molecule has 0 spiro atoms. The van der Waals surface area contributed by atoms with E-state index in [2.05, 4.69) is 25.8 Å². The fraction of sp³-hybridized carbons (Fsp3) is 0.500. The second kappa shape index (κ2) is 11.7. The van der Waals surface area contributed by atoms with Gasteiger partial charge in [0.1, 0.15) is 18.5 Å². The van der Waals surface area contributed by atoms with Crippen molar-refractivity contribution in [1.29, 1.82) is 0 Å². The van der Waals surface area contributed by atoms with E-state index in [0.717, 1.165) is 30.9 Å². The molecule has 0 radical (unpaired) electrons. The zero-order valence-electron chi connectivity index (χ0n) is 21.4. The highest BCUT2D eigenvalue weighted by atomic mass is 35.5. The van der Waals surface area contributed by atoms with E-state index >= 15 is 0 Å². The number of hydrogen-bond acceptors (Lipinski definition) is 3. The molecular formula is C28H34ClF3N2O2. The minimum Gasteiger partial charge on any atom is -0.461 e. The SMILES string of the molecule is CN=C(c1ccc(Cl)c(C(F)(F)F)c1)N(CC(=O)O[C@@H]1C[C@H](C)CC[C@H]1C(C)C)c1ccccc1C. The van der Waals surface area contributed by atoms with Crippen LogP contribution in [0.5, 0.6) is 0 Å². The molecular weight excluding hydrogens is 489 g/mol. The minimum atomic E-state index is -4.62. The van der Waals surface area contributed by atoms with Crippen LogP contribution in [-0.2, 0) is 15.7 Å². The quantitative estimate of drug-likeness (QED) is 0.223. The van der Waals surface area contributed by atoms with Gasteiger partial charge in [0.05, 0.1) is 10.6 Å². The van der Waals surface area contributed by atoms with E-state index in [4.69, 9.17) is 16.3 Å². The summed E-state index contributed by atoms with van der Waals surface area (Å²) in [5.41, 5.74) is 0.765. The van der Waals surface area contributed by atoms with Gasteiger partial charge < -0.3 is 9.64 Å². The Kier molecular flexibility index (Phi) is 9.09. The van der Waals surface area contributed by atoms with E-state index in [1.54, 1.807) is 4.90 Å². The molecule has 1 aliphatic carbocycles. The third kappa shape index (κ3) is 6.61. The van der Waals surface area contributed by atoms with Crippen LogP contribution >= 0.6 is 11.6 Å². The Bertz CT molecular complexity index is 1100. The summed E-state index contributed by atoms with van der Waals surface area (Å²) in [6.45, 7) is 8.14. The van der Waals surface area contributed by atoms with Gasteiger partial charge in [-0.15, -0.1) is 0 Å². The molecule has 196 valence electrons. The van der Waals surface area contributed by atoms with Crippen molar-refractivity contribution in [3.63, 3.8) is 0 Å². The van der Waals surface area contributed by atoms with Gasteiger partial charge in [-0.2, -0.15) is 13.2 Å². The second-order valence-electron chi connectivity index (χ2n) is 9.97. The third-order valence-electron chi connectivity index (χ3n) is 6.94. The Hall–Kier alpha value is -2.54. The van der Waals surface area contributed by atoms with Gasteiger partial charge in [0, 0.05) is 18.3 Å². The fourth-order valence-corrected chi connectivity index (χ4v) is 5.24. The number of anilines is 1. The normalized spacial score (nSPS) is 20.9. The van der Waals surface area contributed by atoms with E-state index in [0.29, 0.717) is 17.5 Å². The second-order valence-corrected chi connectivity index (χ2v) is 10.4. The van der Waals surface area contributed by atoms with Crippen molar-refractivity contribution in [3.05, 3.63) is 64.2 Å². The number of para-hydroxylation sites is 1. The van der Waals surface area contributed by atoms with Gasteiger partial charge in [0.2, 0.25) is 0 Å². The first-order chi connectivity index (χ1) is 16.9. The number of amidine groups is 1. The number of carbonyl (C=O) groups excluding carboxylic acids is 1. The molecule has 0 aliphatic heterocycles. The summed E-state index contributed by atoms with van der Waals surface area (Å²) in [6.07, 6.45) is -1.89. The number of aryl methyl sites for hydroxylation is 1. The van der Waals surface area contributed by atoms with Crippen LogP contribution < -0.4 is 4.90 Å². The molecule has 3 atom stereocenters. The van der Waals surface area contributed by atoms with Crippen LogP contribution in [0.3, 0.4) is 0 Å². The standard InChI is InChI=1S/C28H34ClF3N2O2/c1-17(2)21-12-10-18(3)14-25(21)36-26(35)16-34(24-9-7-6-8-19(24)4)27(33-5)20-11-13-23(29)22(15-20)28(30,31)32/h6-9,11,13,15,17-18,21,25H,10,12,14,16H2,1-5H3/t18-,21+,25-/m1/s1. The monoisotopic (exact) mass is 522 g/mol. The van der Waals surface area contributed by atoms with Crippen molar-refractivity contribution >= 4 is 29.1 Å². The van der Waals surface area contributed by atoms with E-state index in [1.807, 2.05) is 31.2 Å². The molecule has 0 saturated heterocycles. The van der Waals surface area contributed by atoms with E-state index < -0.39 is 22.7 Å². The Morgan fingerprint density at radius 1 is 1.19 bits per heavy atom. The van der Waals surface area contributed by atoms with E-state index in [-0.39, 0.29) is 30.0 Å². The molecule has 0 bridgehead atoms. The van der Waals surface area contributed by atoms with Crippen LogP contribution in [0.4, 0.5) is 18.9 Å². The number of nitrogens with zero attached hydrogens (tertiary/aromatic N) is 2. The Balaban J connectivity index is 1.96. The largest absolute Gasteiger partial charge is 0.461 e. The molecule has 1 aliphatic rings. The lowest BCUT2D eigenvalue weighted by atomic mass is 9.75. The number of halogens is 4. The summed E-state index contributed by atoms with van der Waals surface area (Å²) in [6, 6.07) is 11.0. The van der Waals surface area contributed by atoms with Crippen molar-refractivity contribution < 1.29 is 22.7 Å². The van der Waals surface area contributed by atoms with Crippen LogP contribution in [0.15, 0.2) is 47.5 Å². The molecule has 1 fully saturated rings. The number of rotatable bonds is 6. The van der Waals surface area contributed by atoms with Crippen LogP contribution in [0, 0.1) is 24.7 Å².